The van der Waals surface area contributed by atoms with Crippen LogP contribution >= 0.6 is 11.3 Å². The lowest BCUT2D eigenvalue weighted by Gasteiger charge is -2.44. The summed E-state index contributed by atoms with van der Waals surface area (Å²) in [5.41, 5.74) is 2.39. The number of anilines is 1. The van der Waals surface area contributed by atoms with Gasteiger partial charge >= 0.3 is 0 Å². The van der Waals surface area contributed by atoms with E-state index in [0.717, 1.165) is 44.1 Å². The number of rotatable bonds is 3. The number of ether oxygens (including phenoxy) is 1. The topological polar surface area (TPSA) is 32.8 Å². The standard InChI is InChI=1S/C24H30N2O2S/c27-23(26-12-6-10-19-9-4-5-11-21(19)26)22-17-20(18-7-2-1-3-8-18)24(29-22)25-13-15-28-16-14-25/h1-3,7-8,17,19,21H,4-6,9-16H2/t19-,21-/m0/s1. The van der Waals surface area contributed by atoms with Gasteiger partial charge < -0.3 is 14.5 Å². The molecule has 2 saturated heterocycles. The molecule has 0 bridgehead atoms. The third-order valence-corrected chi connectivity index (χ3v) is 7.99. The van der Waals surface area contributed by atoms with Crippen molar-refractivity contribution in [2.45, 2.75) is 44.6 Å². The molecule has 2 atom stereocenters. The van der Waals surface area contributed by atoms with E-state index in [1.54, 1.807) is 11.3 Å². The molecule has 2 aliphatic heterocycles. The van der Waals surface area contributed by atoms with Crippen molar-refractivity contribution in [3.8, 4) is 11.1 Å². The number of hydrogen-bond acceptors (Lipinski definition) is 4. The van der Waals surface area contributed by atoms with Crippen molar-refractivity contribution in [1.82, 2.24) is 4.90 Å². The molecule has 154 valence electrons. The van der Waals surface area contributed by atoms with Crippen LogP contribution in [0.5, 0.6) is 0 Å². The highest BCUT2D eigenvalue weighted by Gasteiger charge is 2.37. The zero-order valence-electron chi connectivity index (χ0n) is 17.0. The Balaban J connectivity index is 1.48. The molecule has 5 heteroatoms. The fourth-order valence-electron chi connectivity index (χ4n) is 5.33. The molecule has 29 heavy (non-hydrogen) atoms. The maximum Gasteiger partial charge on any atom is 0.264 e. The van der Waals surface area contributed by atoms with Crippen molar-refractivity contribution >= 4 is 22.2 Å². The van der Waals surface area contributed by atoms with Crippen LogP contribution in [-0.4, -0.2) is 49.7 Å². The van der Waals surface area contributed by atoms with E-state index in [2.05, 4.69) is 40.1 Å². The maximum absolute atomic E-state index is 13.6. The van der Waals surface area contributed by atoms with Crippen LogP contribution in [0.25, 0.3) is 11.1 Å². The molecule has 2 aromatic rings. The Kier molecular flexibility index (Phi) is 5.60. The smallest absolute Gasteiger partial charge is 0.264 e. The van der Waals surface area contributed by atoms with Gasteiger partial charge in [0.15, 0.2) is 0 Å². The van der Waals surface area contributed by atoms with Gasteiger partial charge in [0.25, 0.3) is 5.91 Å². The van der Waals surface area contributed by atoms with Gasteiger partial charge in [-0.25, -0.2) is 0 Å². The summed E-state index contributed by atoms with van der Waals surface area (Å²) in [6, 6.07) is 13.1. The van der Waals surface area contributed by atoms with Crippen LogP contribution in [0.3, 0.4) is 0 Å². The number of hydrogen-bond donors (Lipinski definition) is 0. The zero-order chi connectivity index (χ0) is 19.6. The van der Waals surface area contributed by atoms with E-state index in [9.17, 15) is 4.79 Å². The second-order valence-electron chi connectivity index (χ2n) is 8.55. The number of piperidine rings is 1. The number of nitrogens with zero attached hydrogens (tertiary/aromatic N) is 2. The van der Waals surface area contributed by atoms with E-state index in [-0.39, 0.29) is 5.91 Å². The first-order chi connectivity index (χ1) is 14.3. The van der Waals surface area contributed by atoms with Gasteiger partial charge in [-0.1, -0.05) is 43.2 Å². The van der Waals surface area contributed by atoms with Gasteiger partial charge in [0, 0.05) is 31.2 Å². The quantitative estimate of drug-likeness (QED) is 0.710. The van der Waals surface area contributed by atoms with E-state index >= 15 is 0 Å². The molecule has 0 radical (unpaired) electrons. The lowest BCUT2D eigenvalue weighted by molar-refractivity contribution is 0.0395. The summed E-state index contributed by atoms with van der Waals surface area (Å²) in [6.45, 7) is 4.22. The zero-order valence-corrected chi connectivity index (χ0v) is 17.8. The second-order valence-corrected chi connectivity index (χ2v) is 9.58. The summed E-state index contributed by atoms with van der Waals surface area (Å²) in [7, 11) is 0. The van der Waals surface area contributed by atoms with E-state index < -0.39 is 0 Å². The van der Waals surface area contributed by atoms with E-state index in [1.807, 2.05) is 6.07 Å². The number of fused-ring (bicyclic) bond motifs is 1. The number of amides is 1. The Hall–Kier alpha value is -1.85. The van der Waals surface area contributed by atoms with Crippen molar-refractivity contribution in [2.75, 3.05) is 37.7 Å². The predicted molar refractivity (Wildman–Crippen MR) is 119 cm³/mol. The first kappa shape index (κ1) is 19.1. The Morgan fingerprint density at radius 1 is 0.966 bits per heavy atom. The molecule has 3 aliphatic rings. The molecular formula is C24H30N2O2S. The van der Waals surface area contributed by atoms with Gasteiger partial charge in [-0.3, -0.25) is 4.79 Å². The Labute approximate surface area is 177 Å². The van der Waals surface area contributed by atoms with E-state index in [1.165, 1.54) is 48.2 Å². The van der Waals surface area contributed by atoms with Crippen LogP contribution in [0.1, 0.15) is 48.2 Å². The van der Waals surface area contributed by atoms with Crippen LogP contribution in [-0.2, 0) is 4.74 Å². The molecule has 0 unspecified atom stereocenters. The molecule has 1 amide bonds. The van der Waals surface area contributed by atoms with Crippen LogP contribution in [0, 0.1) is 5.92 Å². The first-order valence-corrected chi connectivity index (χ1v) is 12.0. The number of benzene rings is 1. The number of carbonyl (C=O) groups is 1. The Morgan fingerprint density at radius 3 is 2.55 bits per heavy atom. The van der Waals surface area contributed by atoms with Gasteiger partial charge in [0.05, 0.1) is 23.1 Å². The summed E-state index contributed by atoms with van der Waals surface area (Å²) < 4.78 is 5.56. The summed E-state index contributed by atoms with van der Waals surface area (Å²) in [4.78, 5) is 19.1. The molecule has 0 spiro atoms. The molecule has 3 fully saturated rings. The van der Waals surface area contributed by atoms with Crippen LogP contribution in [0.15, 0.2) is 36.4 Å². The van der Waals surface area contributed by atoms with Gasteiger partial charge in [-0.15, -0.1) is 11.3 Å². The Morgan fingerprint density at radius 2 is 1.72 bits per heavy atom. The van der Waals surface area contributed by atoms with Crippen LogP contribution < -0.4 is 4.90 Å². The van der Waals surface area contributed by atoms with Gasteiger partial charge in [-0.05, 0) is 43.2 Å². The lowest BCUT2D eigenvalue weighted by Crippen LogP contribution is -2.49. The first-order valence-electron chi connectivity index (χ1n) is 11.1. The minimum Gasteiger partial charge on any atom is -0.378 e. The minimum atomic E-state index is 0.253. The average molecular weight is 411 g/mol. The summed E-state index contributed by atoms with van der Waals surface area (Å²) in [5.74, 6) is 0.969. The lowest BCUT2D eigenvalue weighted by atomic mass is 9.78. The number of carbonyl (C=O) groups excluding carboxylic acids is 1. The van der Waals surface area contributed by atoms with Crippen molar-refractivity contribution in [3.63, 3.8) is 0 Å². The third kappa shape index (κ3) is 3.82. The largest absolute Gasteiger partial charge is 0.378 e. The summed E-state index contributed by atoms with van der Waals surface area (Å²) >= 11 is 1.68. The molecule has 1 aromatic carbocycles. The maximum atomic E-state index is 13.6. The van der Waals surface area contributed by atoms with E-state index in [0.29, 0.717) is 12.0 Å². The van der Waals surface area contributed by atoms with E-state index in [4.69, 9.17) is 4.74 Å². The Bertz CT molecular complexity index is 842. The van der Waals surface area contributed by atoms with Crippen molar-refractivity contribution in [2.24, 2.45) is 5.92 Å². The molecule has 1 saturated carbocycles. The number of likely N-dealkylation sites (tertiary alicyclic amines) is 1. The molecule has 5 rings (SSSR count). The van der Waals surface area contributed by atoms with Crippen LogP contribution in [0.2, 0.25) is 0 Å². The highest BCUT2D eigenvalue weighted by Crippen LogP contribution is 2.42. The average Bonchev–Trinajstić information content (AvgIpc) is 3.25. The highest BCUT2D eigenvalue weighted by atomic mass is 32.1. The fraction of sp³-hybridized carbons (Fsp3) is 0.542. The molecule has 4 nitrogen and oxygen atoms in total. The molecule has 0 N–H and O–H groups in total. The third-order valence-electron chi connectivity index (χ3n) is 6.81. The molecule has 3 heterocycles. The van der Waals surface area contributed by atoms with Gasteiger partial charge in [0.1, 0.15) is 0 Å². The van der Waals surface area contributed by atoms with Gasteiger partial charge in [-0.2, -0.15) is 0 Å². The minimum absolute atomic E-state index is 0.253. The number of thiophene rings is 1. The SMILES string of the molecule is O=C(c1cc(-c2ccccc2)c(N2CCOCC2)s1)N1CCC[C@@H]2CCCC[C@@H]21. The number of morpholine rings is 1. The monoisotopic (exact) mass is 410 g/mol. The van der Waals surface area contributed by atoms with Gasteiger partial charge in [0.2, 0.25) is 0 Å². The fourth-order valence-corrected chi connectivity index (χ4v) is 6.52. The predicted octanol–water partition coefficient (Wildman–Crippen LogP) is 5.05. The normalized spacial score (nSPS) is 25.0. The summed E-state index contributed by atoms with van der Waals surface area (Å²) in [5, 5.41) is 1.22. The van der Waals surface area contributed by atoms with Crippen molar-refractivity contribution in [3.05, 3.63) is 41.3 Å². The molecular weight excluding hydrogens is 380 g/mol. The molecule has 1 aliphatic carbocycles. The van der Waals surface area contributed by atoms with Crippen molar-refractivity contribution < 1.29 is 9.53 Å². The second kappa shape index (κ2) is 8.49. The summed E-state index contributed by atoms with van der Waals surface area (Å²) in [6.07, 6.45) is 7.54. The van der Waals surface area contributed by atoms with Crippen LogP contribution in [0.4, 0.5) is 5.00 Å². The highest BCUT2D eigenvalue weighted by molar-refractivity contribution is 7.18. The van der Waals surface area contributed by atoms with Crippen molar-refractivity contribution in [1.29, 1.82) is 0 Å². The molecule has 1 aromatic heterocycles.